The third-order valence-corrected chi connectivity index (χ3v) is 1.88. The van der Waals surface area contributed by atoms with E-state index >= 15 is 0 Å². The summed E-state index contributed by atoms with van der Waals surface area (Å²) in [5.41, 5.74) is -0.438. The van der Waals surface area contributed by atoms with E-state index in [1.54, 1.807) is 0 Å². The van der Waals surface area contributed by atoms with Crippen LogP contribution in [0.4, 0.5) is 0 Å². The molecule has 78 valence electrons. The van der Waals surface area contributed by atoms with Gasteiger partial charge >= 0.3 is 11.9 Å². The Hall–Kier alpha value is -2.17. The Balaban J connectivity index is 3.40. The zero-order valence-corrected chi connectivity index (χ0v) is 7.85. The van der Waals surface area contributed by atoms with Crippen molar-refractivity contribution in [2.75, 3.05) is 0 Å². The van der Waals surface area contributed by atoms with Gasteiger partial charge in [-0.25, -0.2) is 9.59 Å². The number of carboxylic acid groups (broad SMARTS) is 2. The Labute approximate surface area is 85.0 Å². The lowest BCUT2D eigenvalue weighted by molar-refractivity contribution is 0.0692. The van der Waals surface area contributed by atoms with E-state index in [2.05, 4.69) is 0 Å². The number of hydrogen-bond acceptors (Lipinski definition) is 3. The third-order valence-electron chi connectivity index (χ3n) is 1.88. The van der Waals surface area contributed by atoms with Crippen molar-refractivity contribution in [1.82, 2.24) is 0 Å². The van der Waals surface area contributed by atoms with Gasteiger partial charge in [0.15, 0.2) is 5.78 Å². The van der Waals surface area contributed by atoms with E-state index in [9.17, 15) is 14.4 Å². The first-order valence-corrected chi connectivity index (χ1v) is 4.05. The highest BCUT2D eigenvalue weighted by Crippen LogP contribution is 2.13. The molecule has 0 saturated heterocycles. The molecule has 5 heteroatoms. The van der Waals surface area contributed by atoms with Crippen LogP contribution in [0.25, 0.3) is 0 Å². The number of benzene rings is 1. The largest absolute Gasteiger partial charge is 0.478 e. The smallest absolute Gasteiger partial charge is 0.336 e. The molecule has 15 heavy (non-hydrogen) atoms. The molecule has 0 aromatic heterocycles. The van der Waals surface area contributed by atoms with Crippen molar-refractivity contribution in [3.8, 4) is 0 Å². The van der Waals surface area contributed by atoms with Crippen LogP contribution in [0, 0.1) is 0 Å². The van der Waals surface area contributed by atoms with E-state index in [-0.39, 0.29) is 16.7 Å². The summed E-state index contributed by atoms with van der Waals surface area (Å²) in [5.74, 6) is -2.96. The van der Waals surface area contributed by atoms with E-state index in [1.807, 2.05) is 0 Å². The first-order chi connectivity index (χ1) is 6.93. The molecule has 0 atom stereocenters. The zero-order chi connectivity index (χ0) is 11.6. The van der Waals surface area contributed by atoms with Gasteiger partial charge in [-0.3, -0.25) is 4.79 Å². The molecule has 0 aliphatic rings. The molecule has 0 spiro atoms. The van der Waals surface area contributed by atoms with Crippen LogP contribution in [0.1, 0.15) is 38.0 Å². The average Bonchev–Trinajstić information content (AvgIpc) is 2.16. The van der Waals surface area contributed by atoms with Gasteiger partial charge in [0.05, 0.1) is 11.1 Å². The molecule has 0 fully saturated rings. The lowest BCUT2D eigenvalue weighted by Gasteiger charge is -2.03. The minimum Gasteiger partial charge on any atom is -0.478 e. The molecule has 0 aliphatic heterocycles. The molecule has 0 saturated carbocycles. The molecule has 2 N–H and O–H groups in total. The molecular formula is C10H8O5. The van der Waals surface area contributed by atoms with Crippen LogP contribution < -0.4 is 0 Å². The first kappa shape index (κ1) is 10.9. The number of carboxylic acids is 2. The van der Waals surface area contributed by atoms with Crippen molar-refractivity contribution in [3.05, 3.63) is 34.9 Å². The Kier molecular flexibility index (Phi) is 2.85. The zero-order valence-electron chi connectivity index (χ0n) is 7.85. The SMILES string of the molecule is CC(=O)c1ccc(C(=O)O)cc1C(=O)O. The second-order valence-corrected chi connectivity index (χ2v) is 2.93. The summed E-state index contributed by atoms with van der Waals surface area (Å²) in [6.45, 7) is 1.22. The molecule has 0 bridgehead atoms. The molecule has 0 heterocycles. The van der Waals surface area contributed by atoms with Gasteiger partial charge in [-0.15, -0.1) is 0 Å². The number of ketones is 1. The number of Topliss-reactive ketones (excluding diaryl/α,β-unsaturated/α-hetero) is 1. The molecule has 1 aromatic rings. The van der Waals surface area contributed by atoms with Crippen LogP contribution in [0.15, 0.2) is 18.2 Å². The summed E-state index contributed by atoms with van der Waals surface area (Å²) < 4.78 is 0. The highest BCUT2D eigenvalue weighted by Gasteiger charge is 2.16. The summed E-state index contributed by atoms with van der Waals surface area (Å²) in [7, 11) is 0. The Morgan fingerprint density at radius 1 is 1.00 bits per heavy atom. The van der Waals surface area contributed by atoms with E-state index in [0.29, 0.717) is 0 Å². The predicted octanol–water partition coefficient (Wildman–Crippen LogP) is 1.29. The minimum absolute atomic E-state index is 0.00694. The van der Waals surface area contributed by atoms with Crippen molar-refractivity contribution in [2.24, 2.45) is 0 Å². The van der Waals surface area contributed by atoms with Gasteiger partial charge in [-0.1, -0.05) is 0 Å². The fraction of sp³-hybridized carbons (Fsp3) is 0.100. The van der Waals surface area contributed by atoms with E-state index < -0.39 is 17.7 Å². The van der Waals surface area contributed by atoms with Crippen molar-refractivity contribution in [1.29, 1.82) is 0 Å². The van der Waals surface area contributed by atoms with Crippen molar-refractivity contribution in [2.45, 2.75) is 6.92 Å². The monoisotopic (exact) mass is 208 g/mol. The molecule has 0 radical (unpaired) electrons. The summed E-state index contributed by atoms with van der Waals surface area (Å²) >= 11 is 0. The Bertz CT molecular complexity index is 447. The molecule has 1 rings (SSSR count). The van der Waals surface area contributed by atoms with Crippen molar-refractivity contribution < 1.29 is 24.6 Å². The van der Waals surface area contributed by atoms with Gasteiger partial charge in [0, 0.05) is 5.56 Å². The number of aromatic carboxylic acids is 2. The average molecular weight is 208 g/mol. The molecular weight excluding hydrogens is 200 g/mol. The molecule has 0 aliphatic carbocycles. The van der Waals surface area contributed by atoms with Crippen LogP contribution in [0.2, 0.25) is 0 Å². The lowest BCUT2D eigenvalue weighted by atomic mass is 10.0. The highest BCUT2D eigenvalue weighted by atomic mass is 16.4. The van der Waals surface area contributed by atoms with Gasteiger partial charge in [0.2, 0.25) is 0 Å². The Morgan fingerprint density at radius 3 is 2.00 bits per heavy atom. The molecule has 0 unspecified atom stereocenters. The number of rotatable bonds is 3. The third kappa shape index (κ3) is 2.19. The second kappa shape index (κ2) is 3.91. The minimum atomic E-state index is -1.32. The summed E-state index contributed by atoms with van der Waals surface area (Å²) in [4.78, 5) is 32.4. The molecule has 0 amide bonds. The first-order valence-electron chi connectivity index (χ1n) is 4.05. The van der Waals surface area contributed by atoms with Crippen molar-refractivity contribution in [3.63, 3.8) is 0 Å². The second-order valence-electron chi connectivity index (χ2n) is 2.93. The normalized spacial score (nSPS) is 9.67. The van der Waals surface area contributed by atoms with Gasteiger partial charge in [0.25, 0.3) is 0 Å². The van der Waals surface area contributed by atoms with Crippen molar-refractivity contribution >= 4 is 17.7 Å². The van der Waals surface area contributed by atoms with Gasteiger partial charge in [-0.2, -0.15) is 0 Å². The standard InChI is InChI=1S/C10H8O5/c1-5(11)7-3-2-6(9(12)13)4-8(7)10(14)15/h2-4H,1H3,(H,12,13)(H,14,15). The molecule has 5 nitrogen and oxygen atoms in total. The summed E-state index contributed by atoms with van der Waals surface area (Å²) in [6, 6.07) is 3.38. The van der Waals surface area contributed by atoms with Crippen LogP contribution in [0.3, 0.4) is 0 Å². The van der Waals surface area contributed by atoms with Gasteiger partial charge in [-0.05, 0) is 25.1 Å². The summed E-state index contributed by atoms with van der Waals surface area (Å²) in [6.07, 6.45) is 0. The lowest BCUT2D eigenvalue weighted by Crippen LogP contribution is -2.08. The van der Waals surface area contributed by atoms with Gasteiger partial charge < -0.3 is 10.2 Å². The quantitative estimate of drug-likeness (QED) is 0.730. The van der Waals surface area contributed by atoms with Crippen LogP contribution in [-0.2, 0) is 0 Å². The van der Waals surface area contributed by atoms with Crippen LogP contribution in [0.5, 0.6) is 0 Å². The van der Waals surface area contributed by atoms with E-state index in [0.717, 1.165) is 6.07 Å². The highest BCUT2D eigenvalue weighted by molar-refractivity contribution is 6.06. The Morgan fingerprint density at radius 2 is 1.60 bits per heavy atom. The maximum Gasteiger partial charge on any atom is 0.336 e. The summed E-state index contributed by atoms with van der Waals surface area (Å²) in [5, 5.41) is 17.4. The predicted molar refractivity (Wildman–Crippen MR) is 50.4 cm³/mol. The van der Waals surface area contributed by atoms with E-state index in [4.69, 9.17) is 10.2 Å². The van der Waals surface area contributed by atoms with Gasteiger partial charge in [0.1, 0.15) is 0 Å². The maximum absolute atomic E-state index is 11.0. The fourth-order valence-electron chi connectivity index (χ4n) is 1.16. The number of carbonyl (C=O) groups excluding carboxylic acids is 1. The van der Waals surface area contributed by atoms with Crippen LogP contribution in [-0.4, -0.2) is 27.9 Å². The molecule has 1 aromatic carbocycles. The topological polar surface area (TPSA) is 91.7 Å². The maximum atomic E-state index is 11.0. The number of hydrogen-bond donors (Lipinski definition) is 2. The van der Waals surface area contributed by atoms with E-state index in [1.165, 1.54) is 19.1 Å². The fourth-order valence-corrected chi connectivity index (χ4v) is 1.16. The number of carbonyl (C=O) groups is 3. The van der Waals surface area contributed by atoms with Crippen LogP contribution >= 0.6 is 0 Å².